The lowest BCUT2D eigenvalue weighted by Gasteiger charge is -2.26. The van der Waals surface area contributed by atoms with Crippen LogP contribution in [-0.4, -0.2) is 29.1 Å². The molecule has 0 saturated carbocycles. The van der Waals surface area contributed by atoms with Crippen molar-refractivity contribution in [1.82, 2.24) is 15.6 Å². The Morgan fingerprint density at radius 1 is 1.46 bits per heavy atom. The molecule has 0 spiro atoms. The molecule has 0 amide bonds. The Labute approximate surface area is 77.8 Å². The number of amidine groups is 1. The minimum Gasteiger partial charge on any atom is -0.355 e. The van der Waals surface area contributed by atoms with Crippen LogP contribution in [0.4, 0.5) is 0 Å². The maximum absolute atomic E-state index is 5.55. The summed E-state index contributed by atoms with van der Waals surface area (Å²) in [5.74, 6) is 6.52. The smallest absolute Gasteiger partial charge is 0.154 e. The van der Waals surface area contributed by atoms with Crippen LogP contribution in [0.1, 0.15) is 19.8 Å². The molecular formula is C8H15N5. The van der Waals surface area contributed by atoms with Crippen molar-refractivity contribution in [3.63, 3.8) is 0 Å². The largest absolute Gasteiger partial charge is 0.355 e. The first kappa shape index (κ1) is 8.37. The Morgan fingerprint density at radius 3 is 2.77 bits per heavy atom. The number of likely N-dealkylation sites (tertiary alicyclic amines) is 1. The average molecular weight is 181 g/mol. The van der Waals surface area contributed by atoms with E-state index in [-0.39, 0.29) is 0 Å². The van der Waals surface area contributed by atoms with E-state index >= 15 is 0 Å². The first-order chi connectivity index (χ1) is 6.25. The van der Waals surface area contributed by atoms with Gasteiger partial charge < -0.3 is 4.90 Å². The maximum atomic E-state index is 5.55. The summed E-state index contributed by atoms with van der Waals surface area (Å²) in [4.78, 5) is 2.25. The lowest BCUT2D eigenvalue weighted by atomic mass is 10.4. The van der Waals surface area contributed by atoms with E-state index in [1.54, 1.807) is 0 Å². The van der Waals surface area contributed by atoms with Gasteiger partial charge in [-0.2, -0.15) is 0 Å². The molecule has 2 aliphatic rings. The second-order valence-electron chi connectivity index (χ2n) is 3.44. The Bertz CT molecular complexity index is 251. The van der Waals surface area contributed by atoms with Crippen LogP contribution in [-0.2, 0) is 0 Å². The van der Waals surface area contributed by atoms with Crippen molar-refractivity contribution in [1.29, 1.82) is 0 Å². The summed E-state index contributed by atoms with van der Waals surface area (Å²) in [7, 11) is 0. The second kappa shape index (κ2) is 3.26. The van der Waals surface area contributed by atoms with Gasteiger partial charge in [0.05, 0.1) is 0 Å². The molecule has 0 aromatic heterocycles. The highest BCUT2D eigenvalue weighted by molar-refractivity contribution is 5.93. The molecule has 0 atom stereocenters. The molecule has 2 rings (SSSR count). The molecule has 2 heterocycles. The van der Waals surface area contributed by atoms with Gasteiger partial charge in [0.25, 0.3) is 0 Å². The molecule has 1 saturated heterocycles. The molecular weight excluding hydrogens is 166 g/mol. The van der Waals surface area contributed by atoms with E-state index in [2.05, 4.69) is 15.4 Å². The van der Waals surface area contributed by atoms with Gasteiger partial charge in [-0.3, -0.25) is 5.43 Å². The fraction of sp³-hybridized carbons (Fsp3) is 0.625. The Balaban J connectivity index is 2.12. The standard InChI is InChI=1S/C8H15N5/c1-7-6-8(11-13(9)10-7)12-4-2-3-5-12/h6,10H,2-5,9H2,1H3. The summed E-state index contributed by atoms with van der Waals surface area (Å²) in [5.41, 5.74) is 3.92. The van der Waals surface area contributed by atoms with Gasteiger partial charge in [-0.15, -0.1) is 10.3 Å². The number of rotatable bonds is 0. The maximum Gasteiger partial charge on any atom is 0.154 e. The molecule has 0 radical (unpaired) electrons. The molecule has 5 nitrogen and oxygen atoms in total. The molecule has 0 aliphatic carbocycles. The zero-order chi connectivity index (χ0) is 9.26. The molecule has 3 N–H and O–H groups in total. The van der Waals surface area contributed by atoms with E-state index in [4.69, 9.17) is 5.84 Å². The number of nitrogens with two attached hydrogens (primary N) is 1. The van der Waals surface area contributed by atoms with Gasteiger partial charge in [0.2, 0.25) is 0 Å². The normalized spacial score (nSPS) is 22.6. The van der Waals surface area contributed by atoms with E-state index in [1.807, 2.05) is 13.0 Å². The minimum atomic E-state index is 0.969. The van der Waals surface area contributed by atoms with Crippen LogP contribution < -0.4 is 11.3 Å². The van der Waals surface area contributed by atoms with Crippen LogP contribution >= 0.6 is 0 Å². The molecule has 72 valence electrons. The molecule has 5 heteroatoms. The van der Waals surface area contributed by atoms with Crippen LogP contribution in [0, 0.1) is 0 Å². The Morgan fingerprint density at radius 2 is 2.15 bits per heavy atom. The average Bonchev–Trinajstić information content (AvgIpc) is 2.53. The lowest BCUT2D eigenvalue weighted by molar-refractivity contribution is 0.219. The quantitative estimate of drug-likeness (QED) is 0.516. The summed E-state index contributed by atoms with van der Waals surface area (Å²) < 4.78 is 0. The third-order valence-corrected chi connectivity index (χ3v) is 2.28. The SMILES string of the molecule is CC1=CC(N2CCCC2)=NN(N)N1. The number of hydrazone groups is 1. The molecule has 0 bridgehead atoms. The van der Waals surface area contributed by atoms with Crippen LogP contribution in [0.2, 0.25) is 0 Å². The Hall–Kier alpha value is -1.23. The summed E-state index contributed by atoms with van der Waals surface area (Å²) in [6.45, 7) is 4.16. The van der Waals surface area contributed by atoms with Gasteiger partial charge in [-0.25, -0.2) is 5.84 Å². The predicted octanol–water partition coefficient (Wildman–Crippen LogP) is -0.00660. The monoisotopic (exact) mass is 181 g/mol. The number of nitrogens with zero attached hydrogens (tertiary/aromatic N) is 3. The van der Waals surface area contributed by atoms with Gasteiger partial charge in [0.15, 0.2) is 5.84 Å². The number of nitrogens with one attached hydrogen (secondary N) is 1. The zero-order valence-corrected chi connectivity index (χ0v) is 7.82. The fourth-order valence-electron chi connectivity index (χ4n) is 1.67. The van der Waals surface area contributed by atoms with Crippen molar-refractivity contribution in [3.05, 3.63) is 11.8 Å². The first-order valence-corrected chi connectivity index (χ1v) is 4.59. The molecule has 1 fully saturated rings. The zero-order valence-electron chi connectivity index (χ0n) is 7.82. The van der Waals surface area contributed by atoms with Gasteiger partial charge in [0.1, 0.15) is 0 Å². The van der Waals surface area contributed by atoms with Crippen molar-refractivity contribution in [3.8, 4) is 0 Å². The minimum absolute atomic E-state index is 0.969. The van der Waals surface area contributed by atoms with Crippen LogP contribution in [0.3, 0.4) is 0 Å². The van der Waals surface area contributed by atoms with E-state index in [0.717, 1.165) is 24.6 Å². The molecule has 13 heavy (non-hydrogen) atoms. The number of hydrogen-bond acceptors (Lipinski definition) is 5. The third kappa shape index (κ3) is 1.75. The van der Waals surface area contributed by atoms with Gasteiger partial charge in [0, 0.05) is 24.9 Å². The van der Waals surface area contributed by atoms with Crippen molar-refractivity contribution < 1.29 is 0 Å². The fourth-order valence-corrected chi connectivity index (χ4v) is 1.67. The predicted molar refractivity (Wildman–Crippen MR) is 51.2 cm³/mol. The van der Waals surface area contributed by atoms with Crippen molar-refractivity contribution in [2.24, 2.45) is 10.9 Å². The Kier molecular flexibility index (Phi) is 2.10. The first-order valence-electron chi connectivity index (χ1n) is 4.59. The van der Waals surface area contributed by atoms with Gasteiger partial charge >= 0.3 is 0 Å². The van der Waals surface area contributed by atoms with E-state index < -0.39 is 0 Å². The summed E-state index contributed by atoms with van der Waals surface area (Å²) in [6, 6.07) is 0. The lowest BCUT2D eigenvalue weighted by Crippen LogP contribution is -2.44. The van der Waals surface area contributed by atoms with E-state index in [0.29, 0.717) is 0 Å². The number of hydrogen-bond donors (Lipinski definition) is 2. The molecule has 0 aromatic rings. The molecule has 0 unspecified atom stereocenters. The topological polar surface area (TPSA) is 56.9 Å². The van der Waals surface area contributed by atoms with E-state index in [1.165, 1.54) is 18.1 Å². The summed E-state index contributed by atoms with van der Waals surface area (Å²) in [6.07, 6.45) is 4.53. The van der Waals surface area contributed by atoms with Crippen molar-refractivity contribution in [2.45, 2.75) is 19.8 Å². The number of allylic oxidation sites excluding steroid dienone is 1. The molecule has 2 aliphatic heterocycles. The van der Waals surface area contributed by atoms with E-state index in [9.17, 15) is 0 Å². The van der Waals surface area contributed by atoms with Gasteiger partial charge in [-0.1, -0.05) is 0 Å². The molecule has 0 aromatic carbocycles. The van der Waals surface area contributed by atoms with Crippen LogP contribution in [0.15, 0.2) is 16.9 Å². The van der Waals surface area contributed by atoms with Gasteiger partial charge in [-0.05, 0) is 19.8 Å². The third-order valence-electron chi connectivity index (χ3n) is 2.28. The van der Waals surface area contributed by atoms with Crippen molar-refractivity contribution in [2.75, 3.05) is 13.1 Å². The number of hydrazine groups is 2. The second-order valence-corrected chi connectivity index (χ2v) is 3.44. The highest BCUT2D eigenvalue weighted by atomic mass is 15.8. The highest BCUT2D eigenvalue weighted by Crippen LogP contribution is 2.11. The summed E-state index contributed by atoms with van der Waals surface area (Å²) in [5, 5.41) is 5.45. The highest BCUT2D eigenvalue weighted by Gasteiger charge is 2.17. The summed E-state index contributed by atoms with van der Waals surface area (Å²) >= 11 is 0. The van der Waals surface area contributed by atoms with Crippen LogP contribution in [0.25, 0.3) is 0 Å². The van der Waals surface area contributed by atoms with Crippen molar-refractivity contribution >= 4 is 5.84 Å². The van der Waals surface area contributed by atoms with Crippen LogP contribution in [0.5, 0.6) is 0 Å².